The number of hydrogen-bond donors (Lipinski definition) is 2. The van der Waals surface area contributed by atoms with Crippen LogP contribution in [0.5, 0.6) is 11.5 Å². The lowest BCUT2D eigenvalue weighted by atomic mass is 10.1. The quantitative estimate of drug-likeness (QED) is 0.328. The van der Waals surface area contributed by atoms with Gasteiger partial charge in [-0.2, -0.15) is 5.10 Å². The molecule has 31 heavy (non-hydrogen) atoms. The maximum absolute atomic E-state index is 13.6. The Kier molecular flexibility index (Phi) is 5.32. The first-order chi connectivity index (χ1) is 14.9. The predicted molar refractivity (Wildman–Crippen MR) is 119 cm³/mol. The van der Waals surface area contributed by atoms with E-state index >= 15 is 0 Å². The summed E-state index contributed by atoms with van der Waals surface area (Å²) in [5.74, 6) is 0.805. The summed E-state index contributed by atoms with van der Waals surface area (Å²) < 4.78 is 38.9. The van der Waals surface area contributed by atoms with Crippen molar-refractivity contribution in [1.82, 2.24) is 3.97 Å². The van der Waals surface area contributed by atoms with Crippen LogP contribution in [0, 0.1) is 5.92 Å². The molecule has 4 N–H and O–H groups in total. The van der Waals surface area contributed by atoms with Gasteiger partial charge in [-0.25, -0.2) is 12.4 Å². The zero-order valence-electron chi connectivity index (χ0n) is 17.1. The Balaban J connectivity index is 1.91. The summed E-state index contributed by atoms with van der Waals surface area (Å²) in [4.78, 5) is 0.0755. The highest BCUT2D eigenvalue weighted by molar-refractivity contribution is 7.90. The van der Waals surface area contributed by atoms with Crippen LogP contribution in [0.3, 0.4) is 0 Å². The third kappa shape index (κ3) is 3.81. The van der Waals surface area contributed by atoms with Crippen molar-refractivity contribution in [1.29, 1.82) is 0 Å². The Labute approximate surface area is 180 Å². The van der Waals surface area contributed by atoms with Crippen LogP contribution < -0.4 is 20.9 Å². The van der Waals surface area contributed by atoms with Gasteiger partial charge in [-0.1, -0.05) is 18.2 Å². The Morgan fingerprint density at radius 3 is 2.39 bits per heavy atom. The maximum atomic E-state index is 13.6. The van der Waals surface area contributed by atoms with Crippen LogP contribution in [0.4, 0.5) is 0 Å². The molecular weight excluding hydrogens is 418 g/mol. The van der Waals surface area contributed by atoms with Crippen molar-refractivity contribution in [3.63, 3.8) is 0 Å². The molecule has 4 rings (SSSR count). The van der Waals surface area contributed by atoms with E-state index in [2.05, 4.69) is 10.2 Å². The van der Waals surface area contributed by atoms with Crippen molar-refractivity contribution in [3.8, 4) is 11.5 Å². The zero-order chi connectivity index (χ0) is 22.2. The van der Waals surface area contributed by atoms with Crippen LogP contribution in [0.1, 0.15) is 18.4 Å². The van der Waals surface area contributed by atoms with E-state index in [1.54, 1.807) is 24.4 Å². The molecule has 9 nitrogen and oxygen atoms in total. The molecule has 10 heteroatoms. The minimum Gasteiger partial charge on any atom is -0.493 e. The highest BCUT2D eigenvalue weighted by Gasteiger charge is 2.32. The van der Waals surface area contributed by atoms with Crippen molar-refractivity contribution in [2.75, 3.05) is 14.2 Å². The molecule has 1 aliphatic rings. The minimum absolute atomic E-state index is 0.0755. The third-order valence-electron chi connectivity index (χ3n) is 5.10. The number of guanidine groups is 1. The first kappa shape index (κ1) is 20.7. The first-order valence-electron chi connectivity index (χ1n) is 9.61. The van der Waals surface area contributed by atoms with Crippen LogP contribution >= 0.6 is 0 Å². The fourth-order valence-electron chi connectivity index (χ4n) is 3.47. The molecule has 3 aromatic rings. The Morgan fingerprint density at radius 2 is 1.74 bits per heavy atom. The molecular formula is C21H23N5O4S. The van der Waals surface area contributed by atoms with Gasteiger partial charge in [0.2, 0.25) is 5.96 Å². The molecule has 1 aromatic heterocycles. The molecule has 2 aromatic carbocycles. The second-order valence-electron chi connectivity index (χ2n) is 7.16. The van der Waals surface area contributed by atoms with E-state index in [0.717, 1.165) is 18.2 Å². The number of nitrogens with two attached hydrogens (primary N) is 2. The summed E-state index contributed by atoms with van der Waals surface area (Å²) >= 11 is 0. The van der Waals surface area contributed by atoms with E-state index in [1.165, 1.54) is 30.3 Å². The van der Waals surface area contributed by atoms with Crippen LogP contribution in [0.15, 0.2) is 63.8 Å². The number of para-hydroxylation sites is 1. The standard InChI is InChI=1S/C21H23N5O4S/c1-29-18-10-9-14(11-19(18)30-2)31(27,28)26-12-16(15-5-3-4-6-17(15)26)20(13-7-8-13)24-25-21(22)23/h3-6,9-13H,7-8H2,1-2H3,(H4,22,23,25)/b24-20-. The van der Waals surface area contributed by atoms with Gasteiger partial charge in [-0.3, -0.25) is 0 Å². The first-order valence-corrected chi connectivity index (χ1v) is 11.1. The molecule has 0 atom stereocenters. The smallest absolute Gasteiger partial charge is 0.268 e. The molecule has 0 amide bonds. The SMILES string of the molecule is COc1ccc(S(=O)(=O)n2cc(/C(=N\N=C(N)N)C3CC3)c3ccccc32)cc1OC. The van der Waals surface area contributed by atoms with Crippen molar-refractivity contribution in [2.24, 2.45) is 27.6 Å². The Bertz CT molecular complexity index is 1300. The Morgan fingerprint density at radius 1 is 1.03 bits per heavy atom. The van der Waals surface area contributed by atoms with Crippen LogP contribution in [-0.2, 0) is 10.0 Å². The lowest BCUT2D eigenvalue weighted by Crippen LogP contribution is -2.22. The number of rotatable bonds is 7. The summed E-state index contributed by atoms with van der Waals surface area (Å²) in [6.07, 6.45) is 3.47. The molecule has 1 aliphatic carbocycles. The molecule has 1 heterocycles. The topological polar surface area (TPSA) is 134 Å². The molecule has 0 radical (unpaired) electrons. The lowest BCUT2D eigenvalue weighted by molar-refractivity contribution is 0.354. The molecule has 0 bridgehead atoms. The van der Waals surface area contributed by atoms with Gasteiger partial charge in [0, 0.05) is 29.1 Å². The Hall–Kier alpha value is -3.53. The van der Waals surface area contributed by atoms with Crippen LogP contribution in [0.2, 0.25) is 0 Å². The van der Waals surface area contributed by atoms with Gasteiger partial charge >= 0.3 is 0 Å². The van der Waals surface area contributed by atoms with E-state index in [-0.39, 0.29) is 16.8 Å². The van der Waals surface area contributed by atoms with Gasteiger partial charge in [0.05, 0.1) is 30.3 Å². The van der Waals surface area contributed by atoms with E-state index in [4.69, 9.17) is 20.9 Å². The largest absolute Gasteiger partial charge is 0.493 e. The summed E-state index contributed by atoms with van der Waals surface area (Å²) in [7, 11) is -0.981. The molecule has 1 saturated carbocycles. The maximum Gasteiger partial charge on any atom is 0.268 e. The monoisotopic (exact) mass is 441 g/mol. The van der Waals surface area contributed by atoms with Gasteiger partial charge in [0.15, 0.2) is 11.5 Å². The van der Waals surface area contributed by atoms with E-state index in [0.29, 0.717) is 28.3 Å². The van der Waals surface area contributed by atoms with Crippen LogP contribution in [-0.4, -0.2) is 38.3 Å². The number of methoxy groups -OCH3 is 2. The number of benzene rings is 2. The fourth-order valence-corrected chi connectivity index (χ4v) is 4.85. The average molecular weight is 442 g/mol. The summed E-state index contributed by atoms with van der Waals surface area (Å²) in [6, 6.07) is 11.7. The zero-order valence-corrected chi connectivity index (χ0v) is 18.0. The van der Waals surface area contributed by atoms with E-state index < -0.39 is 10.0 Å². The summed E-state index contributed by atoms with van der Waals surface area (Å²) in [5.41, 5.74) is 12.8. The highest BCUT2D eigenvalue weighted by atomic mass is 32.2. The normalized spacial score (nSPS) is 14.5. The summed E-state index contributed by atoms with van der Waals surface area (Å²) in [6.45, 7) is 0. The second-order valence-corrected chi connectivity index (χ2v) is 8.98. The molecule has 0 spiro atoms. The average Bonchev–Trinajstić information content (AvgIpc) is 3.53. The van der Waals surface area contributed by atoms with Crippen LogP contribution in [0.25, 0.3) is 10.9 Å². The third-order valence-corrected chi connectivity index (χ3v) is 6.77. The van der Waals surface area contributed by atoms with Crippen molar-refractivity contribution in [3.05, 3.63) is 54.2 Å². The van der Waals surface area contributed by atoms with Crippen molar-refractivity contribution >= 4 is 32.6 Å². The summed E-state index contributed by atoms with van der Waals surface area (Å²) in [5, 5.41) is 8.80. The molecule has 0 unspecified atom stereocenters. The number of fused-ring (bicyclic) bond motifs is 1. The molecule has 1 fully saturated rings. The van der Waals surface area contributed by atoms with Crippen molar-refractivity contribution in [2.45, 2.75) is 17.7 Å². The number of hydrogen-bond acceptors (Lipinski definition) is 6. The second kappa shape index (κ2) is 7.95. The van der Waals surface area contributed by atoms with Gasteiger partial charge in [0.1, 0.15) is 0 Å². The van der Waals surface area contributed by atoms with Gasteiger partial charge in [0.25, 0.3) is 10.0 Å². The fraction of sp³-hybridized carbons (Fsp3) is 0.238. The minimum atomic E-state index is -3.93. The number of nitrogens with zero attached hydrogens (tertiary/aromatic N) is 3. The van der Waals surface area contributed by atoms with E-state index in [9.17, 15) is 8.42 Å². The van der Waals surface area contributed by atoms with Gasteiger partial charge in [-0.15, -0.1) is 5.10 Å². The lowest BCUT2D eigenvalue weighted by Gasteiger charge is -2.11. The predicted octanol–water partition coefficient (Wildman–Crippen LogP) is 2.28. The van der Waals surface area contributed by atoms with Gasteiger partial charge < -0.3 is 20.9 Å². The number of ether oxygens (including phenoxy) is 2. The van der Waals surface area contributed by atoms with Gasteiger partial charge in [-0.05, 0) is 31.0 Å². The molecule has 0 aliphatic heterocycles. The molecule has 162 valence electrons. The highest BCUT2D eigenvalue weighted by Crippen LogP contribution is 2.37. The van der Waals surface area contributed by atoms with Crippen molar-refractivity contribution < 1.29 is 17.9 Å². The molecule has 0 saturated heterocycles. The number of aromatic nitrogens is 1. The van der Waals surface area contributed by atoms with E-state index in [1.807, 2.05) is 12.1 Å².